The van der Waals surface area contributed by atoms with Gasteiger partial charge in [0.25, 0.3) is 11.5 Å². The number of carbonyl (C=O) groups is 2. The molecule has 9 nitrogen and oxygen atoms in total. The summed E-state index contributed by atoms with van der Waals surface area (Å²) >= 11 is 0. The zero-order valence-corrected chi connectivity index (χ0v) is 12.8. The van der Waals surface area contributed by atoms with Crippen LogP contribution in [0, 0.1) is 6.92 Å². The van der Waals surface area contributed by atoms with Crippen molar-refractivity contribution < 1.29 is 14.7 Å². The summed E-state index contributed by atoms with van der Waals surface area (Å²) in [5.74, 6) is -1.11. The highest BCUT2D eigenvalue weighted by atomic mass is 16.4. The second kappa shape index (κ2) is 6.86. The van der Waals surface area contributed by atoms with Crippen LogP contribution in [0.1, 0.15) is 29.4 Å². The molecule has 2 rings (SSSR count). The first-order valence-corrected chi connectivity index (χ1v) is 7.05. The molecular weight excluding hydrogens is 302 g/mol. The van der Waals surface area contributed by atoms with E-state index < -0.39 is 11.9 Å². The number of carboxylic acids is 1. The molecule has 2 aromatic heterocycles. The average Bonchev–Trinajstić information content (AvgIpc) is 2.88. The van der Waals surface area contributed by atoms with E-state index in [1.54, 1.807) is 6.92 Å². The number of nitrogens with one attached hydrogen (secondary N) is 1. The fourth-order valence-corrected chi connectivity index (χ4v) is 2.16. The van der Waals surface area contributed by atoms with Crippen LogP contribution in [0.3, 0.4) is 0 Å². The van der Waals surface area contributed by atoms with Gasteiger partial charge in [0, 0.05) is 12.6 Å². The van der Waals surface area contributed by atoms with Gasteiger partial charge in [0.15, 0.2) is 5.82 Å². The number of aromatic amines is 1. The predicted molar refractivity (Wildman–Crippen MR) is 80.5 cm³/mol. The summed E-state index contributed by atoms with van der Waals surface area (Å²) in [4.78, 5) is 35.7. The van der Waals surface area contributed by atoms with Gasteiger partial charge in [-0.25, -0.2) is 9.78 Å². The number of hydrogen-bond donors (Lipinski definition) is 2. The number of amides is 1. The van der Waals surface area contributed by atoms with Crippen molar-refractivity contribution in [3.63, 3.8) is 0 Å². The van der Waals surface area contributed by atoms with Crippen LogP contribution in [-0.2, 0) is 4.79 Å². The van der Waals surface area contributed by atoms with Gasteiger partial charge in [-0.1, -0.05) is 6.92 Å². The highest BCUT2D eigenvalue weighted by molar-refractivity contribution is 5.96. The van der Waals surface area contributed by atoms with Crippen molar-refractivity contribution in [1.82, 2.24) is 24.9 Å². The van der Waals surface area contributed by atoms with Gasteiger partial charge in [0.2, 0.25) is 0 Å². The van der Waals surface area contributed by atoms with E-state index in [0.717, 1.165) is 0 Å². The number of aromatic nitrogens is 4. The van der Waals surface area contributed by atoms with Gasteiger partial charge >= 0.3 is 5.97 Å². The van der Waals surface area contributed by atoms with Crippen molar-refractivity contribution in [2.75, 3.05) is 13.1 Å². The first kappa shape index (κ1) is 16.4. The molecule has 0 unspecified atom stereocenters. The summed E-state index contributed by atoms with van der Waals surface area (Å²) in [6.07, 6.45) is 2.02. The predicted octanol–water partition coefficient (Wildman–Crippen LogP) is 0.201. The number of H-pyrrole nitrogens is 1. The molecular formula is C14H17N5O4. The molecule has 0 atom stereocenters. The van der Waals surface area contributed by atoms with Crippen molar-refractivity contribution >= 4 is 11.9 Å². The first-order chi connectivity index (χ1) is 10.9. The lowest BCUT2D eigenvalue weighted by Gasteiger charge is -2.19. The van der Waals surface area contributed by atoms with E-state index in [2.05, 4.69) is 15.3 Å². The van der Waals surface area contributed by atoms with Gasteiger partial charge in [-0.3, -0.25) is 14.4 Å². The summed E-state index contributed by atoms with van der Waals surface area (Å²) in [6.45, 7) is 3.52. The Morgan fingerprint density at radius 2 is 2.13 bits per heavy atom. The standard InChI is InChI=1S/C14H17N5O4/c1-3-6-18(8-13(21)22)14(23)10-7-15-19(9(10)2)11-4-5-12(20)17-16-11/h4-5,7H,3,6,8H2,1-2H3,(H,17,20)(H,21,22). The minimum absolute atomic E-state index is 0.299. The van der Waals surface area contributed by atoms with Gasteiger partial charge in [-0.15, -0.1) is 0 Å². The Balaban J connectivity index is 2.33. The van der Waals surface area contributed by atoms with Crippen LogP contribution in [0.15, 0.2) is 23.1 Å². The highest BCUT2D eigenvalue weighted by Gasteiger charge is 2.22. The highest BCUT2D eigenvalue weighted by Crippen LogP contribution is 2.14. The van der Waals surface area contributed by atoms with Crippen LogP contribution in [0.5, 0.6) is 0 Å². The fourth-order valence-electron chi connectivity index (χ4n) is 2.16. The molecule has 2 N–H and O–H groups in total. The van der Waals surface area contributed by atoms with Gasteiger partial charge < -0.3 is 10.0 Å². The largest absolute Gasteiger partial charge is 0.480 e. The molecule has 0 saturated heterocycles. The minimum atomic E-state index is -1.07. The summed E-state index contributed by atoms with van der Waals surface area (Å²) in [6, 6.07) is 2.78. The van der Waals surface area contributed by atoms with E-state index in [-0.39, 0.29) is 12.1 Å². The molecule has 0 saturated carbocycles. The van der Waals surface area contributed by atoms with Crippen LogP contribution >= 0.6 is 0 Å². The summed E-state index contributed by atoms with van der Waals surface area (Å²) in [5.41, 5.74) is 0.471. The number of hydrogen-bond acceptors (Lipinski definition) is 5. The van der Waals surface area contributed by atoms with Crippen molar-refractivity contribution in [2.24, 2.45) is 0 Å². The lowest BCUT2D eigenvalue weighted by atomic mass is 10.2. The molecule has 122 valence electrons. The third-order valence-corrected chi connectivity index (χ3v) is 3.23. The molecule has 9 heteroatoms. The zero-order chi connectivity index (χ0) is 17.0. The van der Waals surface area contributed by atoms with E-state index in [4.69, 9.17) is 5.11 Å². The Morgan fingerprint density at radius 3 is 2.70 bits per heavy atom. The summed E-state index contributed by atoms with van der Waals surface area (Å²) in [7, 11) is 0. The molecule has 2 aromatic rings. The molecule has 0 bridgehead atoms. The Bertz CT molecular complexity index is 759. The van der Waals surface area contributed by atoms with Crippen LogP contribution in [-0.4, -0.2) is 55.0 Å². The fraction of sp³-hybridized carbons (Fsp3) is 0.357. The van der Waals surface area contributed by atoms with Crippen LogP contribution in [0.4, 0.5) is 0 Å². The molecule has 0 radical (unpaired) electrons. The van der Waals surface area contributed by atoms with E-state index in [9.17, 15) is 14.4 Å². The minimum Gasteiger partial charge on any atom is -0.480 e. The van der Waals surface area contributed by atoms with Crippen LogP contribution in [0.25, 0.3) is 5.82 Å². The van der Waals surface area contributed by atoms with E-state index in [0.29, 0.717) is 30.0 Å². The number of aliphatic carboxylic acids is 1. The zero-order valence-electron chi connectivity index (χ0n) is 12.8. The maximum absolute atomic E-state index is 12.5. The van der Waals surface area contributed by atoms with Gasteiger partial charge in [-0.2, -0.15) is 10.2 Å². The van der Waals surface area contributed by atoms with Crippen molar-refractivity contribution in [3.8, 4) is 5.82 Å². The molecule has 1 amide bonds. The second-order valence-electron chi connectivity index (χ2n) is 4.96. The Labute approximate surface area is 131 Å². The lowest BCUT2D eigenvalue weighted by molar-refractivity contribution is -0.137. The molecule has 2 heterocycles. The molecule has 0 aliphatic rings. The normalized spacial score (nSPS) is 10.5. The molecule has 0 aliphatic carbocycles. The monoisotopic (exact) mass is 319 g/mol. The van der Waals surface area contributed by atoms with Crippen molar-refractivity contribution in [1.29, 1.82) is 0 Å². The summed E-state index contributed by atoms with van der Waals surface area (Å²) in [5, 5.41) is 19.2. The van der Waals surface area contributed by atoms with Gasteiger partial charge in [0.05, 0.1) is 17.5 Å². The van der Waals surface area contributed by atoms with Gasteiger partial charge in [0.1, 0.15) is 6.54 Å². The molecule has 0 fully saturated rings. The van der Waals surface area contributed by atoms with Crippen LogP contribution in [0.2, 0.25) is 0 Å². The average molecular weight is 319 g/mol. The Kier molecular flexibility index (Phi) is 4.89. The number of nitrogens with zero attached hydrogens (tertiary/aromatic N) is 4. The third kappa shape index (κ3) is 3.62. The Morgan fingerprint density at radius 1 is 1.39 bits per heavy atom. The van der Waals surface area contributed by atoms with Crippen LogP contribution < -0.4 is 5.56 Å². The maximum Gasteiger partial charge on any atom is 0.323 e. The number of carbonyl (C=O) groups excluding carboxylic acids is 1. The molecule has 23 heavy (non-hydrogen) atoms. The smallest absolute Gasteiger partial charge is 0.323 e. The van der Waals surface area contributed by atoms with E-state index in [1.165, 1.54) is 27.9 Å². The quantitative estimate of drug-likeness (QED) is 0.784. The molecule has 0 aromatic carbocycles. The molecule has 0 aliphatic heterocycles. The van der Waals surface area contributed by atoms with Crippen molar-refractivity contribution in [2.45, 2.75) is 20.3 Å². The Hall–Kier alpha value is -2.97. The summed E-state index contributed by atoms with van der Waals surface area (Å²) < 4.78 is 1.41. The third-order valence-electron chi connectivity index (χ3n) is 3.23. The number of carboxylic acid groups (broad SMARTS) is 1. The topological polar surface area (TPSA) is 121 Å². The second-order valence-corrected chi connectivity index (χ2v) is 4.96. The van der Waals surface area contributed by atoms with Crippen molar-refractivity contribution in [3.05, 3.63) is 39.9 Å². The van der Waals surface area contributed by atoms with E-state index >= 15 is 0 Å². The first-order valence-electron chi connectivity index (χ1n) is 7.05. The van der Waals surface area contributed by atoms with Gasteiger partial charge in [-0.05, 0) is 19.4 Å². The molecule has 0 spiro atoms. The lowest BCUT2D eigenvalue weighted by Crippen LogP contribution is -2.36. The maximum atomic E-state index is 12.5. The SMILES string of the molecule is CCCN(CC(=O)O)C(=O)c1cnn(-c2ccc(=O)[nH]n2)c1C. The number of rotatable bonds is 6. The van der Waals surface area contributed by atoms with E-state index in [1.807, 2.05) is 6.92 Å².